The number of ether oxygens (including phenoxy) is 1. The molecular formula is C23H23ClN2O2S. The molecule has 1 aliphatic carbocycles. The van der Waals surface area contributed by atoms with E-state index in [1.807, 2.05) is 18.3 Å². The fourth-order valence-electron chi connectivity index (χ4n) is 3.17. The van der Waals surface area contributed by atoms with E-state index in [4.69, 9.17) is 16.3 Å². The van der Waals surface area contributed by atoms with Gasteiger partial charge in [0.15, 0.2) is 0 Å². The van der Waals surface area contributed by atoms with Crippen LogP contribution in [0.2, 0.25) is 5.02 Å². The average Bonchev–Trinajstić information content (AvgIpc) is 3.24. The molecule has 0 unspecified atom stereocenters. The zero-order chi connectivity index (χ0) is 20.6. The lowest BCUT2D eigenvalue weighted by Crippen LogP contribution is -2.17. The molecule has 0 bridgehead atoms. The van der Waals surface area contributed by atoms with Crippen molar-refractivity contribution < 1.29 is 9.53 Å². The molecule has 0 spiro atoms. The third-order valence-electron chi connectivity index (χ3n) is 5.13. The first-order valence-electron chi connectivity index (χ1n) is 9.67. The second-order valence-corrected chi connectivity index (χ2v) is 9.28. The lowest BCUT2D eigenvalue weighted by molar-refractivity contribution is 0.130. The van der Waals surface area contributed by atoms with Crippen molar-refractivity contribution in [1.29, 1.82) is 0 Å². The highest BCUT2D eigenvalue weighted by Gasteiger charge is 2.40. The molecule has 29 heavy (non-hydrogen) atoms. The van der Waals surface area contributed by atoms with Gasteiger partial charge in [0, 0.05) is 33.4 Å². The molecule has 4 nitrogen and oxygen atoms in total. The van der Waals surface area contributed by atoms with Crippen LogP contribution in [-0.4, -0.2) is 17.2 Å². The van der Waals surface area contributed by atoms with Crippen LogP contribution in [-0.2, 0) is 10.2 Å². The van der Waals surface area contributed by atoms with Gasteiger partial charge in [-0.1, -0.05) is 18.5 Å². The molecule has 0 atom stereocenters. The standard InChI is InChI=1S/C23H23ClN2O2S/c1-14(2)28-22(27)26-17-4-5-18(19(24)12-17)20-10-16(13-29-20)15-6-9-25-21(11-15)23(3)7-8-23/h4-6,9-14H,7-8H2,1-3H3,(H,26,27). The number of halogens is 1. The SMILES string of the molecule is CC(C)OC(=O)Nc1ccc(-c2cc(-c3ccnc(C4(C)CC4)c3)cs2)c(Cl)c1. The fourth-order valence-corrected chi connectivity index (χ4v) is 4.46. The van der Waals surface area contributed by atoms with Gasteiger partial charge in [0.1, 0.15) is 0 Å². The summed E-state index contributed by atoms with van der Waals surface area (Å²) in [4.78, 5) is 17.4. The predicted octanol–water partition coefficient (Wildman–Crippen LogP) is 7.14. The van der Waals surface area contributed by atoms with Gasteiger partial charge in [-0.15, -0.1) is 11.3 Å². The topological polar surface area (TPSA) is 51.2 Å². The number of rotatable bonds is 5. The highest BCUT2D eigenvalue weighted by molar-refractivity contribution is 7.14. The maximum atomic E-state index is 11.8. The van der Waals surface area contributed by atoms with Gasteiger partial charge < -0.3 is 4.74 Å². The molecule has 1 amide bonds. The number of anilines is 1. The minimum absolute atomic E-state index is 0.175. The molecule has 2 heterocycles. The minimum Gasteiger partial charge on any atom is -0.447 e. The highest BCUT2D eigenvalue weighted by atomic mass is 35.5. The van der Waals surface area contributed by atoms with Crippen molar-refractivity contribution in [2.75, 3.05) is 5.32 Å². The average molecular weight is 427 g/mol. The number of thiophene rings is 1. The van der Waals surface area contributed by atoms with Crippen molar-refractivity contribution >= 4 is 34.7 Å². The highest BCUT2D eigenvalue weighted by Crippen LogP contribution is 2.47. The molecule has 3 aromatic rings. The number of benzene rings is 1. The number of hydrogen-bond donors (Lipinski definition) is 1. The summed E-state index contributed by atoms with van der Waals surface area (Å²) in [5.74, 6) is 0. The number of pyridine rings is 1. The number of carbonyl (C=O) groups excluding carboxylic acids is 1. The lowest BCUT2D eigenvalue weighted by Gasteiger charge is -2.10. The Kier molecular flexibility index (Phi) is 5.36. The summed E-state index contributed by atoms with van der Waals surface area (Å²) >= 11 is 8.16. The van der Waals surface area contributed by atoms with Crippen LogP contribution in [0.3, 0.4) is 0 Å². The summed E-state index contributed by atoms with van der Waals surface area (Å²) in [5.41, 5.74) is 5.31. The molecule has 1 saturated carbocycles. The molecule has 0 radical (unpaired) electrons. The quantitative estimate of drug-likeness (QED) is 0.471. The Labute approximate surface area is 179 Å². The summed E-state index contributed by atoms with van der Waals surface area (Å²) in [6.45, 7) is 5.88. The Balaban J connectivity index is 1.54. The predicted molar refractivity (Wildman–Crippen MR) is 120 cm³/mol. The van der Waals surface area contributed by atoms with E-state index in [1.54, 1.807) is 31.3 Å². The second kappa shape index (κ2) is 7.81. The van der Waals surface area contributed by atoms with Gasteiger partial charge in [0.25, 0.3) is 0 Å². The number of hydrogen-bond acceptors (Lipinski definition) is 4. The van der Waals surface area contributed by atoms with Gasteiger partial charge in [-0.05, 0) is 79.6 Å². The molecule has 1 aromatic carbocycles. The first-order valence-corrected chi connectivity index (χ1v) is 10.9. The van der Waals surface area contributed by atoms with Crippen molar-refractivity contribution in [2.24, 2.45) is 0 Å². The van der Waals surface area contributed by atoms with Crippen LogP contribution < -0.4 is 5.32 Å². The summed E-state index contributed by atoms with van der Waals surface area (Å²) in [6.07, 6.45) is 3.65. The maximum Gasteiger partial charge on any atom is 0.411 e. The molecule has 1 aliphatic rings. The Morgan fingerprint density at radius 3 is 2.69 bits per heavy atom. The monoisotopic (exact) mass is 426 g/mol. The number of nitrogens with zero attached hydrogens (tertiary/aromatic N) is 1. The number of amides is 1. The number of nitrogens with one attached hydrogen (secondary N) is 1. The van der Waals surface area contributed by atoms with Gasteiger partial charge in [-0.2, -0.15) is 0 Å². The molecule has 150 valence electrons. The van der Waals surface area contributed by atoms with Crippen LogP contribution in [0.15, 0.2) is 48.0 Å². The Morgan fingerprint density at radius 1 is 1.21 bits per heavy atom. The number of carbonyl (C=O) groups is 1. The lowest BCUT2D eigenvalue weighted by atomic mass is 10.0. The van der Waals surface area contributed by atoms with E-state index in [1.165, 1.54) is 24.1 Å². The van der Waals surface area contributed by atoms with Crippen LogP contribution in [0.1, 0.15) is 39.3 Å². The number of aromatic nitrogens is 1. The molecule has 0 aliphatic heterocycles. The Bertz CT molecular complexity index is 1060. The molecule has 6 heteroatoms. The van der Waals surface area contributed by atoms with Crippen LogP contribution in [0.25, 0.3) is 21.6 Å². The van der Waals surface area contributed by atoms with Crippen LogP contribution in [0, 0.1) is 0 Å². The zero-order valence-electron chi connectivity index (χ0n) is 16.7. The molecule has 1 N–H and O–H groups in total. The minimum atomic E-state index is -0.486. The molecule has 0 saturated heterocycles. The Morgan fingerprint density at radius 2 is 2.00 bits per heavy atom. The third kappa shape index (κ3) is 4.46. The van der Waals surface area contributed by atoms with E-state index in [2.05, 4.69) is 40.8 Å². The summed E-state index contributed by atoms with van der Waals surface area (Å²) in [7, 11) is 0. The summed E-state index contributed by atoms with van der Waals surface area (Å²) < 4.78 is 5.10. The molecular weight excluding hydrogens is 404 g/mol. The van der Waals surface area contributed by atoms with Crippen molar-refractivity contribution in [1.82, 2.24) is 4.98 Å². The van der Waals surface area contributed by atoms with Crippen molar-refractivity contribution in [3.63, 3.8) is 0 Å². The normalized spacial score (nSPS) is 14.7. The van der Waals surface area contributed by atoms with E-state index in [9.17, 15) is 4.79 Å². The first-order chi connectivity index (χ1) is 13.8. The van der Waals surface area contributed by atoms with E-state index in [0.717, 1.165) is 16.0 Å². The summed E-state index contributed by atoms with van der Waals surface area (Å²) in [5, 5.41) is 5.43. The van der Waals surface area contributed by atoms with E-state index in [-0.39, 0.29) is 11.5 Å². The van der Waals surface area contributed by atoms with Crippen LogP contribution in [0.5, 0.6) is 0 Å². The van der Waals surface area contributed by atoms with Crippen molar-refractivity contribution in [3.05, 3.63) is 58.7 Å². The van der Waals surface area contributed by atoms with Crippen LogP contribution >= 0.6 is 22.9 Å². The molecule has 4 rings (SSSR count). The fraction of sp³-hybridized carbons (Fsp3) is 0.304. The molecule has 1 fully saturated rings. The molecule has 2 aromatic heterocycles. The Hall–Kier alpha value is -2.37. The third-order valence-corrected chi connectivity index (χ3v) is 6.41. The zero-order valence-corrected chi connectivity index (χ0v) is 18.2. The van der Waals surface area contributed by atoms with E-state index >= 15 is 0 Å². The van der Waals surface area contributed by atoms with E-state index < -0.39 is 6.09 Å². The van der Waals surface area contributed by atoms with Crippen LogP contribution in [0.4, 0.5) is 10.5 Å². The smallest absolute Gasteiger partial charge is 0.411 e. The van der Waals surface area contributed by atoms with Gasteiger partial charge in [0.05, 0.1) is 11.1 Å². The van der Waals surface area contributed by atoms with E-state index in [0.29, 0.717) is 10.7 Å². The second-order valence-electron chi connectivity index (χ2n) is 7.96. The van der Waals surface area contributed by atoms with Gasteiger partial charge in [-0.3, -0.25) is 10.3 Å². The van der Waals surface area contributed by atoms with Gasteiger partial charge >= 0.3 is 6.09 Å². The largest absolute Gasteiger partial charge is 0.447 e. The van der Waals surface area contributed by atoms with Gasteiger partial charge in [0.2, 0.25) is 0 Å². The van der Waals surface area contributed by atoms with Crippen molar-refractivity contribution in [2.45, 2.75) is 45.1 Å². The maximum absolute atomic E-state index is 11.8. The first kappa shape index (κ1) is 19.9. The summed E-state index contributed by atoms with van der Waals surface area (Å²) in [6, 6.07) is 11.9. The van der Waals surface area contributed by atoms with Crippen molar-refractivity contribution in [3.8, 4) is 21.6 Å². The van der Waals surface area contributed by atoms with Gasteiger partial charge in [-0.25, -0.2) is 4.79 Å².